The third kappa shape index (κ3) is 3.83. The maximum Gasteiger partial charge on any atom is 0.332 e. The van der Waals surface area contributed by atoms with Gasteiger partial charge in [0.2, 0.25) is 0 Å². The van der Waals surface area contributed by atoms with E-state index in [0.29, 0.717) is 4.34 Å². The van der Waals surface area contributed by atoms with E-state index in [1.807, 2.05) is 24.3 Å². The molecule has 2 aromatic heterocycles. The van der Waals surface area contributed by atoms with Gasteiger partial charge in [-0.15, -0.1) is 0 Å². The third-order valence-electron chi connectivity index (χ3n) is 2.99. The van der Waals surface area contributed by atoms with Gasteiger partial charge < -0.3 is 20.5 Å². The van der Waals surface area contributed by atoms with Gasteiger partial charge in [-0.3, -0.25) is 9.93 Å². The number of hydrogen-bond donors (Lipinski definition) is 2. The van der Waals surface area contributed by atoms with Crippen LogP contribution >= 0.6 is 33.8 Å². The Morgan fingerprint density at radius 3 is 2.77 bits per heavy atom. The minimum atomic E-state index is -1.60. The summed E-state index contributed by atoms with van der Waals surface area (Å²) in [5.41, 5.74) is 5.24. The van der Waals surface area contributed by atoms with E-state index < -0.39 is 34.7 Å². The van der Waals surface area contributed by atoms with Crippen molar-refractivity contribution in [2.45, 2.75) is 4.34 Å². The number of carboxylic acids is 1. The molecule has 12 heteroatoms. The normalized spacial score (nSPS) is 12.3. The number of carboxylic acid groups (broad SMARTS) is 1. The van der Waals surface area contributed by atoms with Crippen LogP contribution < -0.4 is 16.0 Å². The predicted molar refractivity (Wildman–Crippen MR) is 98.0 cm³/mol. The van der Waals surface area contributed by atoms with Gasteiger partial charge in [0.05, 0.1) is 26.7 Å². The van der Waals surface area contributed by atoms with Crippen LogP contribution in [0.2, 0.25) is 0 Å². The molecule has 9 nitrogen and oxygen atoms in total. The summed E-state index contributed by atoms with van der Waals surface area (Å²) in [5.74, 6) is -2.39. The van der Waals surface area contributed by atoms with Gasteiger partial charge in [0.25, 0.3) is 5.91 Å². The van der Waals surface area contributed by atoms with Crippen LogP contribution in [0.5, 0.6) is 0 Å². The second kappa shape index (κ2) is 7.78. The van der Waals surface area contributed by atoms with Gasteiger partial charge in [-0.2, -0.15) is 9.97 Å². The number of aliphatic carboxylic acids is 1. The lowest BCUT2D eigenvalue weighted by molar-refractivity contribution is -0.294. The molecule has 3 aromatic rings. The van der Waals surface area contributed by atoms with Crippen LogP contribution in [0, 0.1) is 0 Å². The smallest absolute Gasteiger partial charge is 0.332 e. The van der Waals surface area contributed by atoms with Crippen LogP contribution in [0.15, 0.2) is 39.1 Å². The number of para-hydroxylation sites is 1. The van der Waals surface area contributed by atoms with Crippen LogP contribution in [0.4, 0.5) is 0 Å². The fraction of sp³-hybridized carbons (Fsp3) is 0.0714. The number of hydrogen-bond acceptors (Lipinski definition) is 10. The Kier molecular flexibility index (Phi) is 5.46. The van der Waals surface area contributed by atoms with Crippen molar-refractivity contribution in [2.75, 3.05) is 6.61 Å². The molecule has 3 rings (SSSR count). The number of carbonyl (C=O) groups is 2. The second-order valence-electron chi connectivity index (χ2n) is 4.75. The zero-order valence-corrected chi connectivity index (χ0v) is 15.4. The van der Waals surface area contributed by atoms with Gasteiger partial charge >= 0.3 is 8.68 Å². The Morgan fingerprint density at radius 2 is 2.12 bits per heavy atom. The fourth-order valence-electron chi connectivity index (χ4n) is 1.94. The molecule has 1 atom stereocenters. The van der Waals surface area contributed by atoms with Crippen LogP contribution in [0.25, 0.3) is 14.6 Å². The van der Waals surface area contributed by atoms with Crippen LogP contribution in [-0.2, 0) is 14.4 Å². The van der Waals surface area contributed by atoms with Gasteiger partial charge in [0.1, 0.15) is 0 Å². The Labute approximate surface area is 157 Å². The standard InChI is InChI=1S/C14H11N5O4S3/c15-10(20)5-23-19-11(12(21)22)8-6-26(14(18-8)25-16)13-17-7-3-1-2-4-9(7)24-13/h1-4,6H,5,16H2,(H2-,15,20,21,22)/b19-11-. The minimum Gasteiger partial charge on any atom is -0.543 e. The molecule has 1 unspecified atom stereocenters. The molecule has 1 amide bonds. The predicted octanol–water partition coefficient (Wildman–Crippen LogP) is 0.351. The summed E-state index contributed by atoms with van der Waals surface area (Å²) in [6, 6.07) is 7.62. The SMILES string of the molecule is NSc1nc(/C(=N/OCC(N)=O)C(=O)[O-])c[s+]1-c1nc2ccccc2s1. The summed E-state index contributed by atoms with van der Waals surface area (Å²) < 4.78 is 2.23. The summed E-state index contributed by atoms with van der Waals surface area (Å²) in [4.78, 5) is 35.4. The molecule has 0 aliphatic rings. The number of rotatable bonds is 7. The van der Waals surface area contributed by atoms with E-state index in [4.69, 9.17) is 10.9 Å². The lowest BCUT2D eigenvalue weighted by Gasteiger charge is -2.02. The number of fused-ring (bicyclic) bond motifs is 1. The van der Waals surface area contributed by atoms with Crippen LogP contribution in [-0.4, -0.2) is 34.2 Å². The number of carbonyl (C=O) groups excluding carboxylic acids is 2. The maximum absolute atomic E-state index is 11.3. The third-order valence-corrected chi connectivity index (χ3v) is 7.13. The molecule has 0 fully saturated rings. The molecule has 26 heavy (non-hydrogen) atoms. The summed E-state index contributed by atoms with van der Waals surface area (Å²) in [6.07, 6.45) is 0. The number of benzene rings is 1. The molecule has 2 heterocycles. The lowest BCUT2D eigenvalue weighted by atomic mass is 10.3. The average Bonchev–Trinajstić information content (AvgIpc) is 3.21. The Bertz CT molecular complexity index is 980. The van der Waals surface area contributed by atoms with Crippen LogP contribution in [0.3, 0.4) is 0 Å². The van der Waals surface area contributed by atoms with Gasteiger partial charge in [-0.05, 0) is 12.1 Å². The van der Waals surface area contributed by atoms with E-state index >= 15 is 0 Å². The highest BCUT2D eigenvalue weighted by Gasteiger charge is 2.28. The molecule has 0 spiro atoms. The topological polar surface area (TPSA) is 157 Å². The molecule has 0 aliphatic heterocycles. The number of thiazole rings is 2. The number of nitrogens with two attached hydrogens (primary N) is 2. The first-order valence-electron chi connectivity index (χ1n) is 6.95. The second-order valence-corrected chi connectivity index (χ2v) is 8.61. The highest BCUT2D eigenvalue weighted by molar-refractivity contribution is 7.99. The summed E-state index contributed by atoms with van der Waals surface area (Å²) in [7, 11) is -0.728. The maximum atomic E-state index is 11.3. The first-order valence-corrected chi connectivity index (χ1v) is 9.94. The van der Waals surface area contributed by atoms with E-state index in [9.17, 15) is 14.7 Å². The van der Waals surface area contributed by atoms with E-state index in [0.717, 1.165) is 26.5 Å². The van der Waals surface area contributed by atoms with E-state index in [1.165, 1.54) is 11.3 Å². The van der Waals surface area contributed by atoms with Crippen molar-refractivity contribution < 1.29 is 19.5 Å². The molecule has 0 radical (unpaired) electrons. The molecular formula is C14H11N5O4S3. The van der Waals surface area contributed by atoms with Gasteiger partial charge in [0, 0.05) is 11.9 Å². The first kappa shape index (κ1) is 18.3. The molecular weight excluding hydrogens is 398 g/mol. The van der Waals surface area contributed by atoms with Crippen molar-refractivity contribution >= 4 is 61.6 Å². The average molecular weight is 409 g/mol. The highest BCUT2D eigenvalue weighted by atomic mass is 32.2. The number of oxime groups is 1. The monoisotopic (exact) mass is 409 g/mol. The zero-order chi connectivity index (χ0) is 18.7. The minimum absolute atomic E-state index is 0.0324. The van der Waals surface area contributed by atoms with Gasteiger partial charge in [0.15, 0.2) is 23.4 Å². The summed E-state index contributed by atoms with van der Waals surface area (Å²) in [6.45, 7) is -0.560. The molecule has 4 N–H and O–H groups in total. The van der Waals surface area contributed by atoms with Crippen molar-refractivity contribution in [3.8, 4) is 4.34 Å². The Morgan fingerprint density at radius 1 is 1.35 bits per heavy atom. The Hall–Kier alpha value is -2.54. The quantitative estimate of drug-likeness (QED) is 0.245. The van der Waals surface area contributed by atoms with Crippen molar-refractivity contribution in [3.63, 3.8) is 0 Å². The summed E-state index contributed by atoms with van der Waals surface area (Å²) in [5, 5.41) is 22.0. The van der Waals surface area contributed by atoms with E-state index in [-0.39, 0.29) is 5.69 Å². The Balaban J connectivity index is 2.01. The van der Waals surface area contributed by atoms with Crippen molar-refractivity contribution in [2.24, 2.45) is 16.0 Å². The zero-order valence-electron chi connectivity index (χ0n) is 12.9. The number of amides is 1. The van der Waals surface area contributed by atoms with Gasteiger partial charge in [-0.1, -0.05) is 28.6 Å². The number of nitrogens with zero attached hydrogens (tertiary/aromatic N) is 3. The van der Waals surface area contributed by atoms with E-state index in [1.54, 1.807) is 5.38 Å². The van der Waals surface area contributed by atoms with Crippen molar-refractivity contribution in [1.82, 2.24) is 9.97 Å². The van der Waals surface area contributed by atoms with Crippen LogP contribution in [0.1, 0.15) is 5.69 Å². The summed E-state index contributed by atoms with van der Waals surface area (Å²) >= 11 is 2.37. The lowest BCUT2D eigenvalue weighted by Crippen LogP contribution is -2.33. The number of aromatic nitrogens is 2. The number of primary amides is 1. The fourth-order valence-corrected chi connectivity index (χ4v) is 5.89. The molecule has 0 saturated heterocycles. The largest absolute Gasteiger partial charge is 0.543 e. The highest BCUT2D eigenvalue weighted by Crippen LogP contribution is 2.43. The molecule has 0 aliphatic carbocycles. The molecule has 0 bridgehead atoms. The molecule has 134 valence electrons. The van der Waals surface area contributed by atoms with Gasteiger partial charge in [-0.25, -0.2) is 0 Å². The first-order chi connectivity index (χ1) is 12.5. The molecule has 1 aromatic carbocycles. The van der Waals surface area contributed by atoms with Crippen molar-refractivity contribution in [3.05, 3.63) is 35.3 Å². The van der Waals surface area contributed by atoms with Crippen molar-refractivity contribution in [1.29, 1.82) is 0 Å². The van der Waals surface area contributed by atoms with E-state index in [2.05, 4.69) is 20.0 Å². The molecule has 0 saturated carbocycles.